The first-order valence-electron chi connectivity index (χ1n) is 10.7. The zero-order valence-corrected chi connectivity index (χ0v) is 18.0. The number of likely N-dealkylation sites (tertiary alicyclic amines) is 1. The molecule has 1 aromatic carbocycles. The number of carbonyl (C=O) groups is 2. The minimum atomic E-state index is -0.249. The third-order valence-corrected chi connectivity index (χ3v) is 6.44. The molecule has 2 fully saturated rings. The minimum absolute atomic E-state index is 0.129. The first-order valence-corrected chi connectivity index (χ1v) is 11.1. The normalized spacial score (nSPS) is 19.3. The standard InChI is InChI=1S/C23H27ClN4O2/c1-15-20(23(30)27-19-8-6-18(24)7-9-19)13-25-22(26-15)17-10-11-28(14-17)21(29)12-16-4-2-3-5-16/h6-9,13,16-17H,2-5,10-12,14H2,1H3,(H,27,30)/t17-/m0/s1. The molecule has 1 aromatic heterocycles. The molecule has 1 aliphatic carbocycles. The summed E-state index contributed by atoms with van der Waals surface area (Å²) in [6.07, 6.45) is 8.02. The molecule has 2 heterocycles. The van der Waals surface area contributed by atoms with Crippen LogP contribution >= 0.6 is 11.6 Å². The fraction of sp³-hybridized carbons (Fsp3) is 0.478. The van der Waals surface area contributed by atoms with Gasteiger partial charge in [-0.3, -0.25) is 9.59 Å². The van der Waals surface area contributed by atoms with Crippen LogP contribution in [0.2, 0.25) is 5.02 Å². The Kier molecular flexibility index (Phi) is 6.32. The number of benzene rings is 1. The van der Waals surface area contributed by atoms with E-state index in [-0.39, 0.29) is 17.7 Å². The van der Waals surface area contributed by atoms with Crippen molar-refractivity contribution in [1.29, 1.82) is 0 Å². The number of amides is 2. The van der Waals surface area contributed by atoms with Crippen molar-refractivity contribution in [3.63, 3.8) is 0 Å². The number of carbonyl (C=O) groups excluding carboxylic acids is 2. The molecule has 1 aliphatic heterocycles. The van der Waals surface area contributed by atoms with Crippen molar-refractivity contribution < 1.29 is 9.59 Å². The lowest BCUT2D eigenvalue weighted by atomic mass is 10.0. The third kappa shape index (κ3) is 4.81. The summed E-state index contributed by atoms with van der Waals surface area (Å²) < 4.78 is 0. The first kappa shape index (κ1) is 20.8. The fourth-order valence-corrected chi connectivity index (χ4v) is 4.55. The maximum absolute atomic E-state index is 12.6. The van der Waals surface area contributed by atoms with Crippen LogP contribution < -0.4 is 5.32 Å². The Morgan fingerprint density at radius 3 is 2.60 bits per heavy atom. The number of halogens is 1. The Balaban J connectivity index is 1.37. The molecule has 158 valence electrons. The van der Waals surface area contributed by atoms with E-state index < -0.39 is 0 Å². The van der Waals surface area contributed by atoms with Crippen LogP contribution in [0.5, 0.6) is 0 Å². The van der Waals surface area contributed by atoms with Crippen LogP contribution in [0, 0.1) is 12.8 Å². The van der Waals surface area contributed by atoms with Gasteiger partial charge in [0.1, 0.15) is 5.82 Å². The predicted octanol–water partition coefficient (Wildman–Crippen LogP) is 4.59. The highest BCUT2D eigenvalue weighted by atomic mass is 35.5. The van der Waals surface area contributed by atoms with E-state index >= 15 is 0 Å². The first-order chi connectivity index (χ1) is 14.5. The summed E-state index contributed by atoms with van der Waals surface area (Å²) in [6, 6.07) is 6.95. The lowest BCUT2D eigenvalue weighted by Crippen LogP contribution is -2.29. The van der Waals surface area contributed by atoms with Gasteiger partial charge in [0.25, 0.3) is 5.91 Å². The van der Waals surface area contributed by atoms with Crippen molar-refractivity contribution in [3.8, 4) is 0 Å². The molecule has 30 heavy (non-hydrogen) atoms. The zero-order chi connectivity index (χ0) is 21.1. The maximum atomic E-state index is 12.6. The molecule has 1 saturated heterocycles. The van der Waals surface area contributed by atoms with Crippen LogP contribution in [-0.4, -0.2) is 39.8 Å². The van der Waals surface area contributed by atoms with E-state index in [1.54, 1.807) is 30.5 Å². The van der Waals surface area contributed by atoms with E-state index in [9.17, 15) is 9.59 Å². The Hall–Kier alpha value is -2.47. The summed E-state index contributed by atoms with van der Waals surface area (Å²) >= 11 is 5.88. The molecule has 1 saturated carbocycles. The summed E-state index contributed by atoms with van der Waals surface area (Å²) in [5.74, 6) is 1.42. The van der Waals surface area contributed by atoms with Gasteiger partial charge in [-0.25, -0.2) is 9.97 Å². The van der Waals surface area contributed by atoms with Crippen LogP contribution in [0.1, 0.15) is 66.3 Å². The molecule has 2 aromatic rings. The summed E-state index contributed by atoms with van der Waals surface area (Å²) in [6.45, 7) is 3.25. The largest absolute Gasteiger partial charge is 0.342 e. The molecule has 0 bridgehead atoms. The van der Waals surface area contributed by atoms with Crippen molar-refractivity contribution in [1.82, 2.24) is 14.9 Å². The second-order valence-electron chi connectivity index (χ2n) is 8.37. The minimum Gasteiger partial charge on any atom is -0.342 e. The molecule has 2 amide bonds. The van der Waals surface area contributed by atoms with Gasteiger partial charge >= 0.3 is 0 Å². The number of anilines is 1. The highest BCUT2D eigenvalue weighted by molar-refractivity contribution is 6.30. The molecule has 0 radical (unpaired) electrons. The Morgan fingerprint density at radius 1 is 1.17 bits per heavy atom. The van der Waals surface area contributed by atoms with Crippen LogP contribution in [0.25, 0.3) is 0 Å². The van der Waals surface area contributed by atoms with Crippen LogP contribution in [-0.2, 0) is 4.79 Å². The third-order valence-electron chi connectivity index (χ3n) is 6.19. The van der Waals surface area contributed by atoms with E-state index in [0.717, 1.165) is 13.0 Å². The average Bonchev–Trinajstić information content (AvgIpc) is 3.41. The molecular formula is C23H27ClN4O2. The van der Waals surface area contributed by atoms with Gasteiger partial charge in [-0.05, 0) is 56.4 Å². The molecular weight excluding hydrogens is 400 g/mol. The predicted molar refractivity (Wildman–Crippen MR) is 117 cm³/mol. The Bertz CT molecular complexity index is 925. The summed E-state index contributed by atoms with van der Waals surface area (Å²) in [5.41, 5.74) is 1.75. The summed E-state index contributed by atoms with van der Waals surface area (Å²) in [4.78, 5) is 36.2. The lowest BCUT2D eigenvalue weighted by Gasteiger charge is -2.18. The molecule has 0 unspecified atom stereocenters. The highest BCUT2D eigenvalue weighted by Crippen LogP contribution is 2.30. The summed E-state index contributed by atoms with van der Waals surface area (Å²) in [7, 11) is 0. The van der Waals surface area contributed by atoms with E-state index in [2.05, 4.69) is 15.3 Å². The van der Waals surface area contributed by atoms with Crippen LogP contribution in [0.3, 0.4) is 0 Å². The van der Waals surface area contributed by atoms with Crippen molar-refractivity contribution in [2.75, 3.05) is 18.4 Å². The van der Waals surface area contributed by atoms with Gasteiger partial charge in [-0.15, -0.1) is 0 Å². The van der Waals surface area contributed by atoms with Crippen molar-refractivity contribution >= 4 is 29.1 Å². The van der Waals surface area contributed by atoms with Crippen LogP contribution in [0.4, 0.5) is 5.69 Å². The molecule has 0 spiro atoms. The van der Waals surface area contributed by atoms with Crippen molar-refractivity contribution in [3.05, 3.63) is 52.6 Å². The number of hydrogen-bond acceptors (Lipinski definition) is 4. The molecule has 4 rings (SSSR count). The van der Waals surface area contributed by atoms with Gasteiger partial charge in [-0.1, -0.05) is 24.4 Å². The maximum Gasteiger partial charge on any atom is 0.259 e. The van der Waals surface area contributed by atoms with E-state index in [4.69, 9.17) is 11.6 Å². The average molecular weight is 427 g/mol. The Labute approximate surface area is 182 Å². The number of nitrogens with zero attached hydrogens (tertiary/aromatic N) is 3. The van der Waals surface area contributed by atoms with Crippen LogP contribution in [0.15, 0.2) is 30.5 Å². The number of nitrogens with one attached hydrogen (secondary N) is 1. The zero-order valence-electron chi connectivity index (χ0n) is 17.2. The smallest absolute Gasteiger partial charge is 0.259 e. The number of aryl methyl sites for hydroxylation is 1. The molecule has 6 nitrogen and oxygen atoms in total. The number of aromatic nitrogens is 2. The van der Waals surface area contributed by atoms with E-state index in [0.29, 0.717) is 46.7 Å². The van der Waals surface area contributed by atoms with Gasteiger partial charge in [0.05, 0.1) is 11.3 Å². The van der Waals surface area contributed by atoms with Gasteiger partial charge in [0, 0.05) is 42.3 Å². The van der Waals surface area contributed by atoms with Gasteiger partial charge in [0.15, 0.2) is 0 Å². The summed E-state index contributed by atoms with van der Waals surface area (Å²) in [5, 5.41) is 3.46. The topological polar surface area (TPSA) is 75.2 Å². The molecule has 7 heteroatoms. The Morgan fingerprint density at radius 2 is 1.90 bits per heavy atom. The van der Waals surface area contributed by atoms with Crippen molar-refractivity contribution in [2.45, 2.75) is 51.4 Å². The number of rotatable bonds is 5. The van der Waals surface area contributed by atoms with Gasteiger partial charge in [-0.2, -0.15) is 0 Å². The quantitative estimate of drug-likeness (QED) is 0.758. The second kappa shape index (κ2) is 9.13. The van der Waals surface area contributed by atoms with Gasteiger partial charge < -0.3 is 10.2 Å². The van der Waals surface area contributed by atoms with E-state index in [1.165, 1.54) is 25.7 Å². The highest BCUT2D eigenvalue weighted by Gasteiger charge is 2.31. The fourth-order valence-electron chi connectivity index (χ4n) is 4.42. The van der Waals surface area contributed by atoms with Gasteiger partial charge in [0.2, 0.25) is 5.91 Å². The second-order valence-corrected chi connectivity index (χ2v) is 8.80. The monoisotopic (exact) mass is 426 g/mol. The molecule has 1 atom stereocenters. The molecule has 1 N–H and O–H groups in total. The van der Waals surface area contributed by atoms with Crippen molar-refractivity contribution in [2.24, 2.45) is 5.92 Å². The molecule has 2 aliphatic rings. The SMILES string of the molecule is Cc1nc([C@H]2CCN(C(=O)CC3CCCC3)C2)ncc1C(=O)Nc1ccc(Cl)cc1. The van der Waals surface area contributed by atoms with E-state index in [1.807, 2.05) is 11.8 Å². The lowest BCUT2D eigenvalue weighted by molar-refractivity contribution is -0.131. The number of hydrogen-bond donors (Lipinski definition) is 1.